The first-order chi connectivity index (χ1) is 8.86. The van der Waals surface area contributed by atoms with Crippen LogP contribution in [0, 0.1) is 0 Å². The molecule has 0 spiro atoms. The van der Waals surface area contributed by atoms with E-state index in [0.29, 0.717) is 0 Å². The Morgan fingerprint density at radius 2 is 1.84 bits per heavy atom. The molecular formula is C14H21BN2O2. The molecule has 1 N–H and O–H groups in total. The quantitative estimate of drug-likeness (QED) is 0.848. The normalized spacial score (nSPS) is 21.0. The zero-order chi connectivity index (χ0) is 14.1. The lowest BCUT2D eigenvalue weighted by molar-refractivity contribution is 0.00578. The van der Waals surface area contributed by atoms with Gasteiger partial charge >= 0.3 is 7.12 Å². The van der Waals surface area contributed by atoms with Crippen molar-refractivity contribution >= 4 is 18.9 Å². The number of aromatic nitrogens is 1. The summed E-state index contributed by atoms with van der Waals surface area (Å²) in [5.74, 6) is 1.92. The minimum absolute atomic E-state index is 0.303. The summed E-state index contributed by atoms with van der Waals surface area (Å²) >= 11 is 0. The number of nitrogens with zero attached hydrogens (tertiary/aromatic N) is 1. The van der Waals surface area contributed by atoms with Crippen LogP contribution < -0.4 is 5.32 Å². The number of nitrogens with one attached hydrogen (secondary N) is 1. The van der Waals surface area contributed by atoms with Crippen molar-refractivity contribution < 1.29 is 9.31 Å². The molecule has 2 heterocycles. The Morgan fingerprint density at radius 3 is 2.42 bits per heavy atom. The second-order valence-electron chi connectivity index (χ2n) is 5.70. The third-order valence-corrected chi connectivity index (χ3v) is 3.83. The van der Waals surface area contributed by atoms with Crippen molar-refractivity contribution in [2.75, 3.05) is 12.4 Å². The Balaban J connectivity index is 2.13. The van der Waals surface area contributed by atoms with Gasteiger partial charge in [0.1, 0.15) is 0 Å². The molecule has 0 unspecified atom stereocenters. The highest BCUT2D eigenvalue weighted by Gasteiger charge is 2.49. The van der Waals surface area contributed by atoms with Crippen LogP contribution in [0.25, 0.3) is 6.08 Å². The highest BCUT2D eigenvalue weighted by molar-refractivity contribution is 6.52. The molecule has 5 heteroatoms. The standard InChI is InChI=1S/C14H21BN2O2/c1-13(2)14(3,4)19-15(18-13)8-6-11-10-17-9-7-12(11)16-5/h6-10H,1-5H3,(H,16,17)/b8-6+. The van der Waals surface area contributed by atoms with E-state index in [2.05, 4.69) is 10.3 Å². The van der Waals surface area contributed by atoms with E-state index in [4.69, 9.17) is 9.31 Å². The molecule has 1 fully saturated rings. The lowest BCUT2D eigenvalue weighted by Crippen LogP contribution is -2.41. The summed E-state index contributed by atoms with van der Waals surface area (Å²) in [6.07, 6.45) is 5.55. The maximum atomic E-state index is 5.91. The number of hydrogen-bond acceptors (Lipinski definition) is 4. The molecule has 0 aliphatic carbocycles. The van der Waals surface area contributed by atoms with E-state index in [0.717, 1.165) is 11.3 Å². The first-order valence-electron chi connectivity index (χ1n) is 6.51. The van der Waals surface area contributed by atoms with Gasteiger partial charge < -0.3 is 14.6 Å². The van der Waals surface area contributed by atoms with Gasteiger partial charge in [0.05, 0.1) is 11.2 Å². The molecule has 0 saturated carbocycles. The molecule has 0 amide bonds. The first-order valence-corrected chi connectivity index (χ1v) is 6.51. The van der Waals surface area contributed by atoms with E-state index in [-0.39, 0.29) is 18.3 Å². The van der Waals surface area contributed by atoms with Gasteiger partial charge in [0, 0.05) is 30.7 Å². The van der Waals surface area contributed by atoms with Gasteiger partial charge in [-0.05, 0) is 33.8 Å². The van der Waals surface area contributed by atoms with E-state index >= 15 is 0 Å². The van der Waals surface area contributed by atoms with E-state index in [1.54, 1.807) is 6.20 Å². The molecule has 0 bridgehead atoms. The smallest absolute Gasteiger partial charge is 0.400 e. The van der Waals surface area contributed by atoms with Crippen LogP contribution in [0.5, 0.6) is 0 Å². The summed E-state index contributed by atoms with van der Waals surface area (Å²) in [5.41, 5.74) is 1.44. The Bertz CT molecular complexity index is 470. The Morgan fingerprint density at radius 1 is 1.21 bits per heavy atom. The average Bonchev–Trinajstić information content (AvgIpc) is 2.55. The predicted molar refractivity (Wildman–Crippen MR) is 78.9 cm³/mol. The van der Waals surface area contributed by atoms with Crippen molar-refractivity contribution in [3.63, 3.8) is 0 Å². The third kappa shape index (κ3) is 2.82. The average molecular weight is 260 g/mol. The molecule has 1 aliphatic rings. The van der Waals surface area contributed by atoms with Crippen LogP contribution in [-0.4, -0.2) is 30.4 Å². The molecule has 19 heavy (non-hydrogen) atoms. The van der Waals surface area contributed by atoms with Crippen LogP contribution in [-0.2, 0) is 9.31 Å². The van der Waals surface area contributed by atoms with E-state index in [1.165, 1.54) is 0 Å². The van der Waals surface area contributed by atoms with Crippen molar-refractivity contribution in [3.05, 3.63) is 30.0 Å². The second-order valence-corrected chi connectivity index (χ2v) is 5.70. The summed E-state index contributed by atoms with van der Waals surface area (Å²) in [7, 11) is 1.57. The molecule has 1 aromatic heterocycles. The number of hydrogen-bond donors (Lipinski definition) is 1. The molecule has 0 radical (unpaired) electrons. The van der Waals surface area contributed by atoms with Crippen molar-refractivity contribution in [1.29, 1.82) is 0 Å². The van der Waals surface area contributed by atoms with Crippen molar-refractivity contribution in [3.8, 4) is 0 Å². The molecule has 1 aromatic rings. The first kappa shape index (κ1) is 14.1. The fraction of sp³-hybridized carbons (Fsp3) is 0.500. The van der Waals surface area contributed by atoms with Crippen molar-refractivity contribution in [1.82, 2.24) is 4.98 Å². The topological polar surface area (TPSA) is 43.4 Å². The van der Waals surface area contributed by atoms with Gasteiger partial charge in [-0.3, -0.25) is 4.98 Å². The number of pyridine rings is 1. The summed E-state index contributed by atoms with van der Waals surface area (Å²) < 4.78 is 11.8. The fourth-order valence-corrected chi connectivity index (χ4v) is 1.92. The van der Waals surface area contributed by atoms with Gasteiger partial charge in [-0.25, -0.2) is 0 Å². The Kier molecular flexibility index (Phi) is 3.70. The third-order valence-electron chi connectivity index (χ3n) is 3.83. The summed E-state index contributed by atoms with van der Waals surface area (Å²) in [6.45, 7) is 8.18. The second kappa shape index (κ2) is 4.98. The van der Waals surface area contributed by atoms with Gasteiger partial charge in [-0.2, -0.15) is 0 Å². The predicted octanol–water partition coefficient (Wildman–Crippen LogP) is 2.77. The Labute approximate surface area is 115 Å². The molecule has 2 rings (SSSR count). The molecule has 0 atom stereocenters. The zero-order valence-corrected chi connectivity index (χ0v) is 12.2. The van der Waals surface area contributed by atoms with Crippen LogP contribution in [0.2, 0.25) is 0 Å². The van der Waals surface area contributed by atoms with Crippen LogP contribution in [0.3, 0.4) is 0 Å². The summed E-state index contributed by atoms with van der Waals surface area (Å²) in [4.78, 5) is 4.12. The molecule has 0 aromatic carbocycles. The monoisotopic (exact) mass is 260 g/mol. The fourth-order valence-electron chi connectivity index (χ4n) is 1.92. The van der Waals surface area contributed by atoms with E-state index in [1.807, 2.05) is 59.1 Å². The van der Waals surface area contributed by atoms with Gasteiger partial charge in [-0.1, -0.05) is 12.1 Å². The summed E-state index contributed by atoms with van der Waals surface area (Å²) in [6, 6.07) is 1.93. The van der Waals surface area contributed by atoms with Gasteiger partial charge in [0.25, 0.3) is 0 Å². The summed E-state index contributed by atoms with van der Waals surface area (Å²) in [5, 5.41) is 3.13. The lowest BCUT2D eigenvalue weighted by Gasteiger charge is -2.32. The van der Waals surface area contributed by atoms with Crippen LogP contribution in [0.1, 0.15) is 33.3 Å². The molecule has 102 valence electrons. The minimum atomic E-state index is -0.324. The molecular weight excluding hydrogens is 239 g/mol. The maximum Gasteiger partial charge on any atom is 0.487 e. The number of rotatable bonds is 3. The highest BCUT2D eigenvalue weighted by atomic mass is 16.7. The lowest BCUT2D eigenvalue weighted by atomic mass is 9.89. The van der Waals surface area contributed by atoms with Crippen molar-refractivity contribution in [2.45, 2.75) is 38.9 Å². The van der Waals surface area contributed by atoms with E-state index < -0.39 is 0 Å². The highest BCUT2D eigenvalue weighted by Crippen LogP contribution is 2.37. The zero-order valence-electron chi connectivity index (χ0n) is 12.2. The van der Waals surface area contributed by atoms with Crippen LogP contribution >= 0.6 is 0 Å². The largest absolute Gasteiger partial charge is 0.487 e. The Hall–Kier alpha value is -1.33. The van der Waals surface area contributed by atoms with E-state index in [9.17, 15) is 0 Å². The SMILES string of the molecule is CNc1ccncc1/C=C/B1OC(C)(C)C(C)(C)O1. The van der Waals surface area contributed by atoms with Crippen molar-refractivity contribution in [2.24, 2.45) is 0 Å². The van der Waals surface area contributed by atoms with Gasteiger partial charge in [0.15, 0.2) is 0 Å². The number of anilines is 1. The minimum Gasteiger partial charge on any atom is -0.400 e. The van der Waals surface area contributed by atoms with Gasteiger partial charge in [0.2, 0.25) is 0 Å². The van der Waals surface area contributed by atoms with Crippen LogP contribution in [0.15, 0.2) is 24.4 Å². The molecule has 1 saturated heterocycles. The van der Waals surface area contributed by atoms with Gasteiger partial charge in [-0.15, -0.1) is 0 Å². The maximum absolute atomic E-state index is 5.91. The van der Waals surface area contributed by atoms with Crippen LogP contribution in [0.4, 0.5) is 5.69 Å². The molecule has 1 aliphatic heterocycles. The molecule has 4 nitrogen and oxygen atoms in total.